The molecule has 2 saturated carbocycles. The van der Waals surface area contributed by atoms with Gasteiger partial charge in [0.25, 0.3) is 0 Å². The number of fused-ring (bicyclic) bond motifs is 2. The molecule has 150 valence electrons. The van der Waals surface area contributed by atoms with Crippen molar-refractivity contribution in [2.75, 3.05) is 40.5 Å². The number of hydrogen-bond donors (Lipinski definition) is 2. The molecule has 7 atom stereocenters. The van der Waals surface area contributed by atoms with E-state index in [0.29, 0.717) is 25.7 Å². The number of carbonyl (C=O) groups is 1. The first-order valence-electron chi connectivity index (χ1n) is 9.96. The molecular weight excluding hydrogens is 334 g/mol. The molecule has 1 heterocycles. The number of hydrogen-bond acceptors (Lipinski definition) is 5. The average Bonchev–Trinajstić information content (AvgIpc) is 3.36. The summed E-state index contributed by atoms with van der Waals surface area (Å²) >= 11 is 0. The number of likely N-dealkylation sites (N-methyl/N-ethyl adjacent to an activating group) is 1. The quantitative estimate of drug-likeness (QED) is 0.667. The molecule has 3 rings (SSSR count). The minimum absolute atomic E-state index is 0.113. The lowest BCUT2D eigenvalue weighted by atomic mass is 9.50. The number of aliphatic hydroxyl groups excluding tert-OH is 1. The summed E-state index contributed by atoms with van der Waals surface area (Å²) in [5.41, 5.74) is -0.257. The summed E-state index contributed by atoms with van der Waals surface area (Å²) < 4.78 is 10.9. The van der Waals surface area contributed by atoms with Gasteiger partial charge in [-0.2, -0.15) is 0 Å². The zero-order valence-corrected chi connectivity index (χ0v) is 16.6. The van der Waals surface area contributed by atoms with Crippen molar-refractivity contribution in [1.29, 1.82) is 0 Å². The second-order valence-corrected chi connectivity index (χ2v) is 9.29. The molecule has 3 aliphatic rings. The SMILES string of the molecule is COCCN(C)CC(C(=O)O)[C@H]1C[C@@H]2[C@](C)(CC[C@@H](O)[C@]23CO3)C[C@H]1C. The Hall–Kier alpha value is -0.690. The lowest BCUT2D eigenvalue weighted by Gasteiger charge is -2.55. The summed E-state index contributed by atoms with van der Waals surface area (Å²) in [6.07, 6.45) is 3.26. The van der Waals surface area contributed by atoms with Gasteiger partial charge in [0.15, 0.2) is 0 Å². The van der Waals surface area contributed by atoms with Gasteiger partial charge in [-0.25, -0.2) is 0 Å². The second-order valence-electron chi connectivity index (χ2n) is 9.29. The van der Waals surface area contributed by atoms with Gasteiger partial charge in [0, 0.05) is 20.2 Å². The predicted octanol–water partition coefficient (Wildman–Crippen LogP) is 1.86. The van der Waals surface area contributed by atoms with Crippen LogP contribution in [0.5, 0.6) is 0 Å². The summed E-state index contributed by atoms with van der Waals surface area (Å²) in [5, 5.41) is 20.5. The number of epoxide rings is 1. The number of nitrogens with zero attached hydrogens (tertiary/aromatic N) is 1. The van der Waals surface area contributed by atoms with E-state index in [9.17, 15) is 15.0 Å². The van der Waals surface area contributed by atoms with Gasteiger partial charge < -0.3 is 24.6 Å². The van der Waals surface area contributed by atoms with E-state index in [0.717, 1.165) is 32.2 Å². The maximum absolute atomic E-state index is 12.1. The summed E-state index contributed by atoms with van der Waals surface area (Å²) in [7, 11) is 3.62. The lowest BCUT2D eigenvalue weighted by molar-refractivity contribution is -0.151. The average molecular weight is 370 g/mol. The smallest absolute Gasteiger partial charge is 0.308 e. The zero-order valence-electron chi connectivity index (χ0n) is 16.6. The van der Waals surface area contributed by atoms with Crippen LogP contribution in [-0.2, 0) is 14.3 Å². The molecule has 1 unspecified atom stereocenters. The van der Waals surface area contributed by atoms with Crippen LogP contribution in [0.2, 0.25) is 0 Å². The fraction of sp³-hybridized carbons (Fsp3) is 0.950. The third kappa shape index (κ3) is 3.53. The van der Waals surface area contributed by atoms with Gasteiger partial charge in [-0.05, 0) is 55.9 Å². The van der Waals surface area contributed by atoms with E-state index < -0.39 is 23.6 Å². The molecule has 6 nitrogen and oxygen atoms in total. The van der Waals surface area contributed by atoms with Gasteiger partial charge in [0.2, 0.25) is 0 Å². The van der Waals surface area contributed by atoms with Crippen LogP contribution in [0.3, 0.4) is 0 Å². The highest BCUT2D eigenvalue weighted by atomic mass is 16.6. The fourth-order valence-corrected chi connectivity index (χ4v) is 5.94. The number of rotatable bonds is 7. The Bertz CT molecular complexity index is 522. The van der Waals surface area contributed by atoms with Crippen molar-refractivity contribution < 1.29 is 24.5 Å². The largest absolute Gasteiger partial charge is 0.481 e. The van der Waals surface area contributed by atoms with Crippen LogP contribution in [0.15, 0.2) is 0 Å². The van der Waals surface area contributed by atoms with Crippen LogP contribution in [0.1, 0.15) is 39.5 Å². The van der Waals surface area contributed by atoms with E-state index in [1.165, 1.54) is 0 Å². The summed E-state index contributed by atoms with van der Waals surface area (Å²) in [5.74, 6) is -0.379. The highest BCUT2D eigenvalue weighted by Gasteiger charge is 2.66. The fourth-order valence-electron chi connectivity index (χ4n) is 5.94. The van der Waals surface area contributed by atoms with Crippen molar-refractivity contribution in [2.24, 2.45) is 29.1 Å². The van der Waals surface area contributed by atoms with Crippen LogP contribution in [0, 0.1) is 29.1 Å². The number of methoxy groups -OCH3 is 1. The van der Waals surface area contributed by atoms with Crippen LogP contribution in [-0.4, -0.2) is 73.2 Å². The molecule has 1 spiro atoms. The molecule has 26 heavy (non-hydrogen) atoms. The highest BCUT2D eigenvalue weighted by Crippen LogP contribution is 2.62. The van der Waals surface area contributed by atoms with Gasteiger partial charge in [-0.3, -0.25) is 4.79 Å². The molecule has 3 fully saturated rings. The minimum Gasteiger partial charge on any atom is -0.481 e. The molecule has 0 aromatic carbocycles. The number of aliphatic hydroxyl groups is 1. The zero-order chi connectivity index (χ0) is 19.1. The van der Waals surface area contributed by atoms with E-state index >= 15 is 0 Å². The second kappa shape index (κ2) is 7.38. The monoisotopic (exact) mass is 369 g/mol. The van der Waals surface area contributed by atoms with Crippen LogP contribution < -0.4 is 0 Å². The Morgan fingerprint density at radius 2 is 2.15 bits per heavy atom. The van der Waals surface area contributed by atoms with Gasteiger partial charge in [0.05, 0.1) is 25.2 Å². The summed E-state index contributed by atoms with van der Waals surface area (Å²) in [4.78, 5) is 14.2. The molecule has 0 radical (unpaired) electrons. The normalized spacial score (nSPS) is 43.3. The number of aliphatic carboxylic acids is 1. The molecule has 2 N–H and O–H groups in total. The lowest BCUT2D eigenvalue weighted by Crippen LogP contribution is -2.56. The Morgan fingerprint density at radius 1 is 1.46 bits per heavy atom. The third-order valence-electron chi connectivity index (χ3n) is 7.51. The van der Waals surface area contributed by atoms with Crippen molar-refractivity contribution in [3.05, 3.63) is 0 Å². The van der Waals surface area contributed by atoms with Gasteiger partial charge in [-0.1, -0.05) is 13.8 Å². The Balaban J connectivity index is 1.77. The molecule has 0 aromatic heterocycles. The van der Waals surface area contributed by atoms with E-state index in [4.69, 9.17) is 9.47 Å². The third-order valence-corrected chi connectivity index (χ3v) is 7.51. The predicted molar refractivity (Wildman–Crippen MR) is 97.9 cm³/mol. The van der Waals surface area contributed by atoms with Crippen molar-refractivity contribution >= 4 is 5.97 Å². The Labute approximate surface area is 156 Å². The van der Waals surface area contributed by atoms with Gasteiger partial charge in [0.1, 0.15) is 5.60 Å². The maximum Gasteiger partial charge on any atom is 0.308 e. The molecule has 0 bridgehead atoms. The van der Waals surface area contributed by atoms with Gasteiger partial charge in [-0.15, -0.1) is 0 Å². The molecule has 6 heteroatoms. The van der Waals surface area contributed by atoms with E-state index in [2.05, 4.69) is 18.7 Å². The van der Waals surface area contributed by atoms with Crippen molar-refractivity contribution in [2.45, 2.75) is 51.2 Å². The van der Waals surface area contributed by atoms with Crippen LogP contribution >= 0.6 is 0 Å². The molecular formula is C20H35NO5. The maximum atomic E-state index is 12.1. The summed E-state index contributed by atoms with van der Waals surface area (Å²) in [6, 6.07) is 0. The first-order valence-corrected chi connectivity index (χ1v) is 9.96. The van der Waals surface area contributed by atoms with E-state index in [-0.39, 0.29) is 17.3 Å². The number of carboxylic acids is 1. The van der Waals surface area contributed by atoms with E-state index in [1.54, 1.807) is 7.11 Å². The highest BCUT2D eigenvalue weighted by molar-refractivity contribution is 5.70. The molecule has 1 saturated heterocycles. The van der Waals surface area contributed by atoms with Crippen LogP contribution in [0.25, 0.3) is 0 Å². The van der Waals surface area contributed by atoms with Crippen molar-refractivity contribution in [1.82, 2.24) is 4.90 Å². The van der Waals surface area contributed by atoms with Crippen molar-refractivity contribution in [3.8, 4) is 0 Å². The number of carboxylic acid groups (broad SMARTS) is 1. The molecule has 2 aliphatic carbocycles. The van der Waals surface area contributed by atoms with E-state index in [1.807, 2.05) is 7.05 Å². The standard InChI is InChI=1S/C20H35NO5/c1-13-10-19(2)6-5-17(22)20(12-26-20)16(19)9-14(13)15(18(23)24)11-21(3)7-8-25-4/h13-17,22H,5-12H2,1-4H3,(H,23,24)/t13-,14+,15?,16-,17-,19-,20+/m1/s1. The topological polar surface area (TPSA) is 82.5 Å². The minimum atomic E-state index is -0.711. The first-order chi connectivity index (χ1) is 12.2. The molecule has 0 aromatic rings. The van der Waals surface area contributed by atoms with Crippen LogP contribution in [0.4, 0.5) is 0 Å². The van der Waals surface area contributed by atoms with Gasteiger partial charge >= 0.3 is 5.97 Å². The van der Waals surface area contributed by atoms with Crippen molar-refractivity contribution in [3.63, 3.8) is 0 Å². The molecule has 1 aliphatic heterocycles. The first kappa shape index (κ1) is 20.1. The Kier molecular flexibility index (Phi) is 5.69. The summed E-state index contributed by atoms with van der Waals surface area (Å²) in [6.45, 7) is 7.03. The Morgan fingerprint density at radius 3 is 2.73 bits per heavy atom. The molecule has 0 amide bonds. The number of ether oxygens (including phenoxy) is 2.